The summed E-state index contributed by atoms with van der Waals surface area (Å²) in [6.07, 6.45) is -3.25. The first-order valence-electron chi connectivity index (χ1n) is 12.2. The van der Waals surface area contributed by atoms with E-state index in [9.17, 15) is 18.0 Å². The second kappa shape index (κ2) is 11.2. The number of hydrogen-bond acceptors (Lipinski definition) is 3. The first kappa shape index (κ1) is 26.7. The number of hydrogen-bond donors (Lipinski definition) is 2. The summed E-state index contributed by atoms with van der Waals surface area (Å²) in [6.45, 7) is 11.3. The zero-order chi connectivity index (χ0) is 25.8. The van der Waals surface area contributed by atoms with Crippen LogP contribution in [0.25, 0.3) is 0 Å². The summed E-state index contributed by atoms with van der Waals surface area (Å²) < 4.78 is 41.7. The van der Waals surface area contributed by atoms with Crippen LogP contribution < -0.4 is 20.3 Å². The molecule has 2 atom stereocenters. The molecule has 0 heterocycles. The predicted octanol–water partition coefficient (Wildman–Crippen LogP) is 7.51. The molecule has 1 aliphatic rings. The number of nitrogens with zero attached hydrogens (tertiary/aromatic N) is 1. The van der Waals surface area contributed by atoms with Crippen LogP contribution in [0.4, 0.5) is 35.0 Å². The van der Waals surface area contributed by atoms with Crippen molar-refractivity contribution in [1.29, 1.82) is 0 Å². The molecule has 0 aromatic heterocycles. The Morgan fingerprint density at radius 2 is 1.63 bits per heavy atom. The van der Waals surface area contributed by atoms with Gasteiger partial charge in [0.15, 0.2) is 6.61 Å². The van der Waals surface area contributed by atoms with Crippen LogP contribution in [0.2, 0.25) is 0 Å². The van der Waals surface area contributed by atoms with Crippen LogP contribution in [0.3, 0.4) is 0 Å². The fourth-order valence-corrected chi connectivity index (χ4v) is 4.18. The molecule has 1 fully saturated rings. The largest absolute Gasteiger partial charge is 0.484 e. The molecule has 0 bridgehead atoms. The van der Waals surface area contributed by atoms with E-state index < -0.39 is 18.8 Å². The number of ether oxygens (including phenoxy) is 1. The van der Waals surface area contributed by atoms with E-state index in [2.05, 4.69) is 68.4 Å². The lowest BCUT2D eigenvalue weighted by molar-refractivity contribution is -0.153. The Morgan fingerprint density at radius 3 is 2.14 bits per heavy atom. The Morgan fingerprint density at radius 1 is 1.03 bits per heavy atom. The summed E-state index contributed by atoms with van der Waals surface area (Å²) in [5.74, 6) is 2.15. The quantitative estimate of drug-likeness (QED) is 0.362. The van der Waals surface area contributed by atoms with Gasteiger partial charge in [0.25, 0.3) is 0 Å². The van der Waals surface area contributed by atoms with E-state index >= 15 is 0 Å². The zero-order valence-electron chi connectivity index (χ0n) is 21.1. The maximum atomic E-state index is 12.9. The number of nitrogens with one attached hydrogen (secondary N) is 2. The summed E-state index contributed by atoms with van der Waals surface area (Å²) in [5.41, 5.74) is 3.41. The second-order valence-corrected chi connectivity index (χ2v) is 10.3. The minimum Gasteiger partial charge on any atom is -0.484 e. The minimum atomic E-state index is -4.40. The van der Waals surface area contributed by atoms with Gasteiger partial charge in [-0.05, 0) is 72.1 Å². The van der Waals surface area contributed by atoms with Crippen LogP contribution in [0.15, 0.2) is 42.5 Å². The van der Waals surface area contributed by atoms with Crippen LogP contribution in [0.5, 0.6) is 5.75 Å². The molecule has 2 unspecified atom stereocenters. The molecule has 2 amide bonds. The van der Waals surface area contributed by atoms with E-state index in [0.717, 1.165) is 30.9 Å². The molecule has 0 saturated heterocycles. The van der Waals surface area contributed by atoms with Gasteiger partial charge in [0.05, 0.1) is 11.4 Å². The average Bonchev–Trinajstić information content (AvgIpc) is 3.48. The molecule has 192 valence electrons. The van der Waals surface area contributed by atoms with Gasteiger partial charge in [0.2, 0.25) is 0 Å². The number of carbonyl (C=O) groups is 1. The molecule has 1 aliphatic carbocycles. The van der Waals surface area contributed by atoms with Crippen molar-refractivity contribution in [3.8, 4) is 5.75 Å². The van der Waals surface area contributed by atoms with Crippen molar-refractivity contribution >= 4 is 23.1 Å². The van der Waals surface area contributed by atoms with Gasteiger partial charge in [-0.3, -0.25) is 0 Å². The summed E-state index contributed by atoms with van der Waals surface area (Å²) in [5, 5.41) is 5.78. The van der Waals surface area contributed by atoms with Crippen molar-refractivity contribution in [1.82, 2.24) is 0 Å². The Bertz CT molecular complexity index is 980. The summed E-state index contributed by atoms with van der Waals surface area (Å²) in [7, 11) is 0. The number of halogens is 3. The molecule has 1 saturated carbocycles. The molecule has 5 nitrogen and oxygen atoms in total. The van der Waals surface area contributed by atoms with Gasteiger partial charge in [-0.15, -0.1) is 0 Å². The Labute approximate surface area is 206 Å². The van der Waals surface area contributed by atoms with Crippen molar-refractivity contribution in [2.75, 3.05) is 35.2 Å². The van der Waals surface area contributed by atoms with Crippen LogP contribution in [-0.4, -0.2) is 31.9 Å². The number of amides is 2. The first-order chi connectivity index (χ1) is 16.4. The highest BCUT2D eigenvalue weighted by molar-refractivity contribution is 6.02. The number of rotatable bonds is 10. The molecule has 35 heavy (non-hydrogen) atoms. The third kappa shape index (κ3) is 8.37. The zero-order valence-corrected chi connectivity index (χ0v) is 21.1. The molecule has 2 N–H and O–H groups in total. The smallest absolute Gasteiger partial charge is 0.422 e. The number of alkyl halides is 3. The first-order valence-corrected chi connectivity index (χ1v) is 12.2. The van der Waals surface area contributed by atoms with Crippen molar-refractivity contribution in [3.05, 3.63) is 48.0 Å². The van der Waals surface area contributed by atoms with E-state index in [0.29, 0.717) is 29.4 Å². The second-order valence-electron chi connectivity index (χ2n) is 10.3. The lowest BCUT2D eigenvalue weighted by atomic mass is 10.0. The van der Waals surface area contributed by atoms with Gasteiger partial charge < -0.3 is 20.3 Å². The maximum absolute atomic E-state index is 12.9. The standard InChI is InChI=1S/C27H36F3N3O2/c1-17(2)14-33(15-18(3)4)25-11-6-20(23-12-19(23)5)13-24(25)32-26(34)31-21-7-9-22(10-8-21)35-16-27(28,29)30/h6-11,13,17-19,23H,12,14-16H2,1-5H3,(H2,31,32,34). The van der Waals surface area contributed by atoms with Gasteiger partial charge in [-0.2, -0.15) is 13.2 Å². The number of urea groups is 1. The number of benzene rings is 2. The molecule has 0 radical (unpaired) electrons. The third-order valence-electron chi connectivity index (χ3n) is 5.83. The predicted molar refractivity (Wildman–Crippen MR) is 135 cm³/mol. The highest BCUT2D eigenvalue weighted by atomic mass is 19.4. The Kier molecular flexibility index (Phi) is 8.56. The molecule has 0 spiro atoms. The molecule has 2 aromatic carbocycles. The molecule has 2 aromatic rings. The molecule has 8 heteroatoms. The van der Waals surface area contributed by atoms with Crippen LogP contribution in [0, 0.1) is 17.8 Å². The summed E-state index contributed by atoms with van der Waals surface area (Å²) in [4.78, 5) is 15.2. The average molecular weight is 492 g/mol. The summed E-state index contributed by atoms with van der Waals surface area (Å²) >= 11 is 0. The Hall–Kier alpha value is -2.90. The fourth-order valence-electron chi connectivity index (χ4n) is 4.18. The van der Waals surface area contributed by atoms with Crippen molar-refractivity contribution < 1.29 is 22.7 Å². The minimum absolute atomic E-state index is 0.0832. The van der Waals surface area contributed by atoms with E-state index in [1.165, 1.54) is 29.8 Å². The fraction of sp³-hybridized carbons (Fsp3) is 0.519. The SMILES string of the molecule is CC(C)CN(CC(C)C)c1ccc(C2CC2C)cc1NC(=O)Nc1ccc(OCC(F)(F)F)cc1. The van der Waals surface area contributed by atoms with Crippen molar-refractivity contribution in [2.24, 2.45) is 17.8 Å². The van der Waals surface area contributed by atoms with E-state index in [1.807, 2.05) is 0 Å². The molecular weight excluding hydrogens is 455 g/mol. The Balaban J connectivity index is 1.76. The summed E-state index contributed by atoms with van der Waals surface area (Å²) in [6, 6.07) is 11.8. The topological polar surface area (TPSA) is 53.6 Å². The van der Waals surface area contributed by atoms with E-state index in [1.54, 1.807) is 0 Å². The number of anilines is 3. The van der Waals surface area contributed by atoms with Gasteiger partial charge in [0, 0.05) is 18.8 Å². The monoisotopic (exact) mass is 491 g/mol. The van der Waals surface area contributed by atoms with E-state index in [4.69, 9.17) is 4.74 Å². The molecule has 3 rings (SSSR count). The van der Waals surface area contributed by atoms with Gasteiger partial charge in [-0.25, -0.2) is 4.79 Å². The van der Waals surface area contributed by atoms with Crippen molar-refractivity contribution in [2.45, 2.75) is 53.1 Å². The lowest BCUT2D eigenvalue weighted by Crippen LogP contribution is -2.32. The van der Waals surface area contributed by atoms with Crippen LogP contribution in [-0.2, 0) is 0 Å². The van der Waals surface area contributed by atoms with Gasteiger partial charge >= 0.3 is 12.2 Å². The third-order valence-corrected chi connectivity index (χ3v) is 5.83. The molecule has 0 aliphatic heterocycles. The normalized spacial score (nSPS) is 17.4. The van der Waals surface area contributed by atoms with Crippen molar-refractivity contribution in [3.63, 3.8) is 0 Å². The van der Waals surface area contributed by atoms with Gasteiger partial charge in [-0.1, -0.05) is 40.7 Å². The van der Waals surface area contributed by atoms with Crippen LogP contribution in [0.1, 0.15) is 52.5 Å². The van der Waals surface area contributed by atoms with Crippen LogP contribution >= 0.6 is 0 Å². The highest BCUT2D eigenvalue weighted by Crippen LogP contribution is 2.48. The highest BCUT2D eigenvalue weighted by Gasteiger charge is 2.34. The maximum Gasteiger partial charge on any atom is 0.422 e. The number of carbonyl (C=O) groups excluding carboxylic acids is 1. The van der Waals surface area contributed by atoms with E-state index in [-0.39, 0.29) is 5.75 Å². The van der Waals surface area contributed by atoms with Gasteiger partial charge in [0.1, 0.15) is 5.75 Å². The lowest BCUT2D eigenvalue weighted by Gasteiger charge is -2.30. The molecular formula is C27H36F3N3O2.